The lowest BCUT2D eigenvalue weighted by atomic mass is 9.83. The van der Waals surface area contributed by atoms with Crippen molar-refractivity contribution in [1.82, 2.24) is 0 Å². The van der Waals surface area contributed by atoms with Crippen molar-refractivity contribution in [2.45, 2.75) is 26.2 Å². The van der Waals surface area contributed by atoms with E-state index in [1.54, 1.807) is 6.07 Å². The second-order valence-electron chi connectivity index (χ2n) is 5.44. The molecule has 1 heterocycles. The lowest BCUT2D eigenvalue weighted by molar-refractivity contribution is -0.116. The number of amides is 1. The van der Waals surface area contributed by atoms with Crippen molar-refractivity contribution >= 4 is 34.8 Å². The summed E-state index contributed by atoms with van der Waals surface area (Å²) in [5.41, 5.74) is 5.25. The quantitative estimate of drug-likeness (QED) is 0.779. The van der Waals surface area contributed by atoms with Crippen LogP contribution >= 0.6 is 23.2 Å². The monoisotopic (exact) mass is 319 g/mol. The number of anilines is 1. The number of fused-ring (bicyclic) bond motifs is 1. The molecule has 2 nitrogen and oxygen atoms in total. The van der Waals surface area contributed by atoms with E-state index in [4.69, 9.17) is 23.2 Å². The molecule has 2 aromatic rings. The second kappa shape index (κ2) is 5.36. The molecule has 1 N–H and O–H groups in total. The minimum Gasteiger partial charge on any atom is -0.326 e. The first-order chi connectivity index (χ1) is 9.97. The first-order valence-electron chi connectivity index (χ1n) is 6.82. The highest BCUT2D eigenvalue weighted by molar-refractivity contribution is 6.35. The van der Waals surface area contributed by atoms with Gasteiger partial charge in [-0.2, -0.15) is 0 Å². The van der Waals surface area contributed by atoms with Crippen molar-refractivity contribution in [3.8, 4) is 0 Å². The zero-order valence-corrected chi connectivity index (χ0v) is 13.3. The van der Waals surface area contributed by atoms with Crippen molar-refractivity contribution in [2.75, 3.05) is 5.32 Å². The van der Waals surface area contributed by atoms with Crippen LogP contribution in [0.5, 0.6) is 0 Å². The summed E-state index contributed by atoms with van der Waals surface area (Å²) in [5.74, 6) is -0.00923. The third-order valence-electron chi connectivity index (χ3n) is 4.14. The average molecular weight is 320 g/mol. The topological polar surface area (TPSA) is 29.1 Å². The van der Waals surface area contributed by atoms with Gasteiger partial charge in [0.2, 0.25) is 5.91 Å². The number of rotatable bonds is 1. The highest BCUT2D eigenvalue weighted by Gasteiger charge is 2.29. The number of hydrogen-bond acceptors (Lipinski definition) is 1. The van der Waals surface area contributed by atoms with Gasteiger partial charge < -0.3 is 5.32 Å². The summed E-state index contributed by atoms with van der Waals surface area (Å²) in [4.78, 5) is 12.1. The fourth-order valence-electron chi connectivity index (χ4n) is 2.84. The summed E-state index contributed by atoms with van der Waals surface area (Å²) in [6.07, 6.45) is 0.400. The molecule has 1 atom stereocenters. The predicted octanol–water partition coefficient (Wildman–Crippen LogP) is 5.08. The zero-order valence-electron chi connectivity index (χ0n) is 11.8. The summed E-state index contributed by atoms with van der Waals surface area (Å²) in [7, 11) is 0. The molecule has 3 rings (SSSR count). The maximum Gasteiger partial charge on any atom is 0.225 e. The second-order valence-corrected chi connectivity index (χ2v) is 6.29. The SMILES string of the molecule is Cc1ccc2c(c1C)NC(=O)C[C@H]2c1ccc(Cl)cc1Cl. The zero-order chi connectivity index (χ0) is 15.1. The standard InChI is InChI=1S/C17H15Cl2NO/c1-9-3-5-13-14(8-16(21)20-17(13)10(9)2)12-6-4-11(18)7-15(12)19/h3-7,14H,8H2,1-2H3,(H,20,21)/t14-/m0/s1. The molecule has 0 radical (unpaired) electrons. The van der Waals surface area contributed by atoms with Gasteiger partial charge in [0, 0.05) is 28.1 Å². The van der Waals surface area contributed by atoms with Gasteiger partial charge in [-0.3, -0.25) is 4.79 Å². The molecule has 0 spiro atoms. The summed E-state index contributed by atoms with van der Waals surface area (Å²) in [6, 6.07) is 9.61. The molecule has 21 heavy (non-hydrogen) atoms. The van der Waals surface area contributed by atoms with Crippen LogP contribution in [0.4, 0.5) is 5.69 Å². The highest BCUT2D eigenvalue weighted by Crippen LogP contribution is 2.42. The Morgan fingerprint density at radius 1 is 1.10 bits per heavy atom. The third kappa shape index (κ3) is 2.54. The Balaban J connectivity index is 2.18. The first-order valence-corrected chi connectivity index (χ1v) is 7.58. The fraction of sp³-hybridized carbons (Fsp3) is 0.235. The molecule has 0 aromatic heterocycles. The summed E-state index contributed by atoms with van der Waals surface area (Å²) >= 11 is 12.3. The van der Waals surface area contributed by atoms with Gasteiger partial charge in [0.05, 0.1) is 0 Å². The van der Waals surface area contributed by atoms with Crippen molar-refractivity contribution in [3.63, 3.8) is 0 Å². The molecule has 1 aliphatic heterocycles. The Labute approximate surface area is 134 Å². The molecule has 0 saturated heterocycles. The Morgan fingerprint density at radius 3 is 2.52 bits per heavy atom. The summed E-state index contributed by atoms with van der Waals surface area (Å²) in [6.45, 7) is 4.07. The third-order valence-corrected chi connectivity index (χ3v) is 4.70. The van der Waals surface area contributed by atoms with Gasteiger partial charge in [0.25, 0.3) is 0 Å². The highest BCUT2D eigenvalue weighted by atomic mass is 35.5. The number of hydrogen-bond donors (Lipinski definition) is 1. The van der Waals surface area contributed by atoms with E-state index in [-0.39, 0.29) is 11.8 Å². The van der Waals surface area contributed by atoms with Crippen molar-refractivity contribution in [3.05, 3.63) is 62.6 Å². The molecule has 1 amide bonds. The van der Waals surface area contributed by atoms with Crippen molar-refractivity contribution in [1.29, 1.82) is 0 Å². The van der Waals surface area contributed by atoms with Crippen LogP contribution in [0.25, 0.3) is 0 Å². The molecular formula is C17H15Cl2NO. The molecule has 0 bridgehead atoms. The van der Waals surface area contributed by atoms with Gasteiger partial charge in [-0.15, -0.1) is 0 Å². The largest absolute Gasteiger partial charge is 0.326 e. The molecule has 0 unspecified atom stereocenters. The van der Waals surface area contributed by atoms with E-state index in [1.165, 1.54) is 0 Å². The molecule has 1 aliphatic rings. The number of halogens is 2. The number of carbonyl (C=O) groups is 1. The number of aryl methyl sites for hydroxylation is 1. The smallest absolute Gasteiger partial charge is 0.225 e. The van der Waals surface area contributed by atoms with Crippen LogP contribution in [0.15, 0.2) is 30.3 Å². The minimum atomic E-state index is -0.0298. The lowest BCUT2D eigenvalue weighted by Gasteiger charge is -2.28. The first kappa shape index (κ1) is 14.4. The van der Waals surface area contributed by atoms with E-state index in [0.717, 1.165) is 27.9 Å². The van der Waals surface area contributed by atoms with Gasteiger partial charge >= 0.3 is 0 Å². The fourth-order valence-corrected chi connectivity index (χ4v) is 3.38. The van der Waals surface area contributed by atoms with Crippen molar-refractivity contribution in [2.24, 2.45) is 0 Å². The normalized spacial score (nSPS) is 17.3. The van der Waals surface area contributed by atoms with E-state index in [9.17, 15) is 4.79 Å². The summed E-state index contributed by atoms with van der Waals surface area (Å²) < 4.78 is 0. The summed E-state index contributed by atoms with van der Waals surface area (Å²) in [5, 5.41) is 4.20. The average Bonchev–Trinajstić information content (AvgIpc) is 2.43. The minimum absolute atomic E-state index is 0.0206. The Bertz CT molecular complexity index is 740. The van der Waals surface area contributed by atoms with Crippen LogP contribution in [0, 0.1) is 13.8 Å². The molecular weight excluding hydrogens is 305 g/mol. The predicted molar refractivity (Wildman–Crippen MR) is 87.5 cm³/mol. The number of nitrogens with one attached hydrogen (secondary N) is 1. The molecule has 0 fully saturated rings. The van der Waals surface area contributed by atoms with Crippen LogP contribution < -0.4 is 5.32 Å². The molecule has 108 valence electrons. The van der Waals surface area contributed by atoms with Gasteiger partial charge in [-0.25, -0.2) is 0 Å². The van der Waals surface area contributed by atoms with Crippen LogP contribution in [-0.4, -0.2) is 5.91 Å². The molecule has 4 heteroatoms. The van der Waals surface area contributed by atoms with E-state index >= 15 is 0 Å². The van der Waals surface area contributed by atoms with Crippen molar-refractivity contribution < 1.29 is 4.79 Å². The van der Waals surface area contributed by atoms with Crippen LogP contribution in [0.2, 0.25) is 10.0 Å². The lowest BCUT2D eigenvalue weighted by Crippen LogP contribution is -2.24. The van der Waals surface area contributed by atoms with E-state index in [0.29, 0.717) is 16.5 Å². The Morgan fingerprint density at radius 2 is 1.81 bits per heavy atom. The Hall–Kier alpha value is -1.51. The maximum absolute atomic E-state index is 12.1. The van der Waals surface area contributed by atoms with Crippen LogP contribution in [0.3, 0.4) is 0 Å². The molecule has 0 saturated carbocycles. The van der Waals surface area contributed by atoms with Crippen LogP contribution in [0.1, 0.15) is 34.6 Å². The molecule has 2 aromatic carbocycles. The number of carbonyl (C=O) groups excluding carboxylic acids is 1. The molecule has 0 aliphatic carbocycles. The van der Waals surface area contributed by atoms with Gasteiger partial charge in [-0.1, -0.05) is 41.4 Å². The van der Waals surface area contributed by atoms with Crippen LogP contribution in [-0.2, 0) is 4.79 Å². The van der Waals surface area contributed by atoms with Gasteiger partial charge in [0.15, 0.2) is 0 Å². The maximum atomic E-state index is 12.1. The number of benzene rings is 2. The van der Waals surface area contributed by atoms with E-state index in [2.05, 4.69) is 17.4 Å². The van der Waals surface area contributed by atoms with E-state index in [1.807, 2.05) is 26.0 Å². The Kier molecular flexibility index (Phi) is 3.68. The van der Waals surface area contributed by atoms with E-state index < -0.39 is 0 Å². The van der Waals surface area contributed by atoms with Gasteiger partial charge in [-0.05, 0) is 48.2 Å². The van der Waals surface area contributed by atoms with Gasteiger partial charge in [0.1, 0.15) is 0 Å².